The molecule has 2 fully saturated rings. The number of methoxy groups -OCH3 is 1. The van der Waals surface area contributed by atoms with Crippen LogP contribution in [0.4, 0.5) is 0 Å². The third-order valence-corrected chi connectivity index (χ3v) is 7.15. The Morgan fingerprint density at radius 2 is 2.10 bits per heavy atom. The number of carbonyl (C=O) groups excluding carboxylic acids is 1. The maximum absolute atomic E-state index is 12.4. The average molecular weight is 565 g/mol. The summed E-state index contributed by atoms with van der Waals surface area (Å²) in [4.78, 5) is 28.0. The van der Waals surface area contributed by atoms with Gasteiger partial charge in [0.1, 0.15) is 11.1 Å². The minimum atomic E-state index is 0. The zero-order chi connectivity index (χ0) is 21.5. The highest BCUT2D eigenvalue weighted by Gasteiger charge is 2.31. The second kappa shape index (κ2) is 12.9. The standard InChI is InChI=1S/C21H36N6O2S.HI/c1-16(29-4)19-24-18(15-30-19)14-25(3)21(22-2)23-8-9-26-10-12-27(13-11-26)20(28)17-6-5-7-17;/h15-17H,5-14H2,1-4H3,(H,22,23);1H. The second-order valence-corrected chi connectivity index (χ2v) is 9.07. The first-order valence-electron chi connectivity index (χ1n) is 10.9. The van der Waals surface area contributed by atoms with Crippen molar-refractivity contribution in [2.45, 2.75) is 38.8 Å². The van der Waals surface area contributed by atoms with E-state index in [1.807, 2.05) is 21.0 Å². The number of rotatable bonds is 8. The quantitative estimate of drug-likeness (QED) is 0.297. The summed E-state index contributed by atoms with van der Waals surface area (Å²) in [6.07, 6.45) is 3.41. The summed E-state index contributed by atoms with van der Waals surface area (Å²) in [5, 5.41) is 6.53. The van der Waals surface area contributed by atoms with Crippen molar-refractivity contribution in [3.8, 4) is 0 Å². The van der Waals surface area contributed by atoms with Crippen molar-refractivity contribution in [3.63, 3.8) is 0 Å². The van der Waals surface area contributed by atoms with Gasteiger partial charge in [-0.25, -0.2) is 4.98 Å². The number of ether oxygens (including phenoxy) is 1. The van der Waals surface area contributed by atoms with Crippen molar-refractivity contribution in [3.05, 3.63) is 16.1 Å². The molecule has 2 aliphatic rings. The first kappa shape index (κ1) is 26.3. The molecule has 1 unspecified atom stereocenters. The van der Waals surface area contributed by atoms with Gasteiger partial charge in [-0.15, -0.1) is 35.3 Å². The fraction of sp³-hybridized carbons (Fsp3) is 0.762. The number of nitrogens with zero attached hydrogens (tertiary/aromatic N) is 5. The Labute approximate surface area is 207 Å². The topological polar surface area (TPSA) is 73.3 Å². The Bertz CT molecular complexity index is 718. The maximum atomic E-state index is 12.4. The van der Waals surface area contributed by atoms with Crippen LogP contribution in [0.5, 0.6) is 0 Å². The van der Waals surface area contributed by atoms with Crippen molar-refractivity contribution >= 4 is 47.2 Å². The summed E-state index contributed by atoms with van der Waals surface area (Å²) >= 11 is 1.63. The van der Waals surface area contributed by atoms with E-state index in [0.29, 0.717) is 18.4 Å². The first-order valence-corrected chi connectivity index (χ1v) is 11.8. The monoisotopic (exact) mass is 564 g/mol. The van der Waals surface area contributed by atoms with Gasteiger partial charge in [-0.2, -0.15) is 0 Å². The van der Waals surface area contributed by atoms with Gasteiger partial charge in [-0.3, -0.25) is 14.7 Å². The first-order chi connectivity index (χ1) is 14.5. The SMILES string of the molecule is CN=C(NCCN1CCN(C(=O)C2CCC2)CC1)N(C)Cc1csc(C(C)OC)n1.I. The molecule has 1 amide bonds. The number of amides is 1. The lowest BCUT2D eigenvalue weighted by atomic mass is 9.84. The van der Waals surface area contributed by atoms with Gasteiger partial charge in [0.25, 0.3) is 0 Å². The molecular weight excluding hydrogens is 527 g/mol. The van der Waals surface area contributed by atoms with Crippen LogP contribution in [-0.2, 0) is 16.1 Å². The molecule has 1 aromatic heterocycles. The molecule has 1 atom stereocenters. The highest BCUT2D eigenvalue weighted by Crippen LogP contribution is 2.28. The molecule has 0 aromatic carbocycles. The molecule has 1 saturated carbocycles. The second-order valence-electron chi connectivity index (χ2n) is 8.18. The van der Waals surface area contributed by atoms with Crippen LogP contribution in [0.3, 0.4) is 0 Å². The molecular formula is C21H37IN6O2S. The van der Waals surface area contributed by atoms with E-state index in [4.69, 9.17) is 4.74 Å². The maximum Gasteiger partial charge on any atom is 0.225 e. The van der Waals surface area contributed by atoms with E-state index < -0.39 is 0 Å². The third kappa shape index (κ3) is 7.26. The number of hydrogen-bond donors (Lipinski definition) is 1. The van der Waals surface area contributed by atoms with Gasteiger partial charge in [-0.1, -0.05) is 6.42 Å². The number of nitrogens with one attached hydrogen (secondary N) is 1. The van der Waals surface area contributed by atoms with Gasteiger partial charge in [-0.05, 0) is 19.8 Å². The number of carbonyl (C=O) groups is 1. The predicted octanol–water partition coefficient (Wildman–Crippen LogP) is 2.42. The molecule has 0 bridgehead atoms. The number of hydrogen-bond acceptors (Lipinski definition) is 6. The van der Waals surface area contributed by atoms with E-state index in [1.54, 1.807) is 18.4 Å². The summed E-state index contributed by atoms with van der Waals surface area (Å²) in [7, 11) is 5.54. The van der Waals surface area contributed by atoms with Crippen molar-refractivity contribution in [2.75, 3.05) is 60.5 Å². The molecule has 1 N–H and O–H groups in total. The summed E-state index contributed by atoms with van der Waals surface area (Å²) in [6, 6.07) is 0. The average Bonchev–Trinajstić information content (AvgIpc) is 3.18. The van der Waals surface area contributed by atoms with Gasteiger partial charge < -0.3 is 19.9 Å². The summed E-state index contributed by atoms with van der Waals surface area (Å²) in [6.45, 7) is 8.11. The molecule has 1 aliphatic carbocycles. The van der Waals surface area contributed by atoms with E-state index in [2.05, 4.69) is 35.4 Å². The van der Waals surface area contributed by atoms with Crippen LogP contribution in [-0.4, -0.2) is 92.0 Å². The van der Waals surface area contributed by atoms with Crippen LogP contribution in [0.15, 0.2) is 10.4 Å². The third-order valence-electron chi connectivity index (χ3n) is 6.09. The lowest BCUT2D eigenvalue weighted by Gasteiger charge is -2.38. The van der Waals surface area contributed by atoms with Gasteiger partial charge in [0, 0.05) is 71.8 Å². The van der Waals surface area contributed by atoms with E-state index in [0.717, 1.165) is 68.8 Å². The number of aliphatic imine (C=N–C) groups is 1. The van der Waals surface area contributed by atoms with E-state index in [9.17, 15) is 4.79 Å². The zero-order valence-electron chi connectivity index (χ0n) is 19.2. The van der Waals surface area contributed by atoms with Gasteiger partial charge in [0.2, 0.25) is 5.91 Å². The van der Waals surface area contributed by atoms with Crippen LogP contribution in [0, 0.1) is 5.92 Å². The summed E-state index contributed by atoms with van der Waals surface area (Å²) in [5.74, 6) is 1.55. The fourth-order valence-electron chi connectivity index (χ4n) is 3.82. The number of aromatic nitrogens is 1. The van der Waals surface area contributed by atoms with E-state index >= 15 is 0 Å². The molecule has 31 heavy (non-hydrogen) atoms. The Hall–Kier alpha value is -0.980. The number of halogens is 1. The van der Waals surface area contributed by atoms with Crippen molar-refractivity contribution in [1.82, 2.24) is 25.0 Å². The summed E-state index contributed by atoms with van der Waals surface area (Å²) in [5.41, 5.74) is 1.02. The van der Waals surface area contributed by atoms with Crippen LogP contribution < -0.4 is 5.32 Å². The molecule has 0 radical (unpaired) electrons. The minimum absolute atomic E-state index is 0. The molecule has 2 heterocycles. The Morgan fingerprint density at radius 3 is 2.68 bits per heavy atom. The fourth-order valence-corrected chi connectivity index (χ4v) is 4.66. The Kier molecular flexibility index (Phi) is 10.9. The van der Waals surface area contributed by atoms with Crippen molar-refractivity contribution < 1.29 is 9.53 Å². The van der Waals surface area contributed by atoms with E-state index in [-0.39, 0.29) is 30.1 Å². The Balaban J connectivity index is 0.00000341. The number of piperazine rings is 1. The Morgan fingerprint density at radius 1 is 1.39 bits per heavy atom. The number of thiazole rings is 1. The van der Waals surface area contributed by atoms with Crippen LogP contribution in [0.2, 0.25) is 0 Å². The highest BCUT2D eigenvalue weighted by atomic mass is 127. The van der Waals surface area contributed by atoms with Gasteiger partial charge in [0.15, 0.2) is 5.96 Å². The molecule has 8 nitrogen and oxygen atoms in total. The molecule has 0 spiro atoms. The van der Waals surface area contributed by atoms with Crippen LogP contribution in [0.25, 0.3) is 0 Å². The van der Waals surface area contributed by atoms with Crippen LogP contribution >= 0.6 is 35.3 Å². The predicted molar refractivity (Wildman–Crippen MR) is 136 cm³/mol. The smallest absolute Gasteiger partial charge is 0.225 e. The normalized spacial score (nSPS) is 18.8. The highest BCUT2D eigenvalue weighted by molar-refractivity contribution is 14.0. The van der Waals surface area contributed by atoms with Crippen LogP contribution in [0.1, 0.15) is 43.0 Å². The minimum Gasteiger partial charge on any atom is -0.375 e. The van der Waals surface area contributed by atoms with Crippen molar-refractivity contribution in [1.29, 1.82) is 0 Å². The zero-order valence-corrected chi connectivity index (χ0v) is 22.3. The molecule has 176 valence electrons. The molecule has 1 aliphatic heterocycles. The largest absolute Gasteiger partial charge is 0.375 e. The van der Waals surface area contributed by atoms with E-state index in [1.165, 1.54) is 6.42 Å². The summed E-state index contributed by atoms with van der Waals surface area (Å²) < 4.78 is 5.35. The van der Waals surface area contributed by atoms with Gasteiger partial charge >= 0.3 is 0 Å². The molecule has 1 aromatic rings. The number of guanidine groups is 1. The molecule has 1 saturated heterocycles. The molecule has 3 rings (SSSR count). The van der Waals surface area contributed by atoms with Gasteiger partial charge in [0.05, 0.1) is 12.2 Å². The lowest BCUT2D eigenvalue weighted by Crippen LogP contribution is -2.52. The van der Waals surface area contributed by atoms with Crippen molar-refractivity contribution in [2.24, 2.45) is 10.9 Å². The molecule has 10 heteroatoms. The lowest BCUT2D eigenvalue weighted by molar-refractivity contribution is -0.139.